The van der Waals surface area contributed by atoms with Crippen molar-refractivity contribution in [2.24, 2.45) is 5.73 Å². The Morgan fingerprint density at radius 1 is 1.40 bits per heavy atom. The number of amides is 1. The van der Waals surface area contributed by atoms with Gasteiger partial charge in [-0.05, 0) is 12.5 Å². The molecule has 1 amide bonds. The number of H-pyrrole nitrogens is 1. The number of nitrogens with zero attached hydrogens (tertiary/aromatic N) is 1. The fraction of sp³-hybridized carbons (Fsp3) is 0.273. The lowest BCUT2D eigenvalue weighted by molar-refractivity contribution is -0.137. The van der Waals surface area contributed by atoms with Crippen LogP contribution in [-0.4, -0.2) is 26.5 Å². The molecule has 2 rings (SSSR count). The number of nitrogens with two attached hydrogens (primary N) is 1. The minimum atomic E-state index is -1.11. The number of primary amides is 1. The number of fused-ring (bicyclic) bond motifs is 1. The topological polar surface area (TPSA) is 135 Å². The van der Waals surface area contributed by atoms with Crippen molar-refractivity contribution in [1.82, 2.24) is 9.55 Å². The highest BCUT2D eigenvalue weighted by Gasteiger charge is 2.18. The van der Waals surface area contributed by atoms with Crippen molar-refractivity contribution >= 4 is 33.4 Å². The van der Waals surface area contributed by atoms with E-state index in [2.05, 4.69) is 4.98 Å². The van der Waals surface area contributed by atoms with Crippen LogP contribution in [0.4, 0.5) is 0 Å². The maximum absolute atomic E-state index is 12.2. The van der Waals surface area contributed by atoms with Gasteiger partial charge >= 0.3 is 11.7 Å². The molecule has 0 radical (unpaired) electrons. The van der Waals surface area contributed by atoms with E-state index in [1.165, 1.54) is 0 Å². The summed E-state index contributed by atoms with van der Waals surface area (Å²) in [5.74, 6) is -1.79. The molecule has 0 aliphatic heterocycles. The molecule has 0 saturated carbocycles. The van der Waals surface area contributed by atoms with Crippen LogP contribution in [0.1, 0.15) is 21.7 Å². The van der Waals surface area contributed by atoms with Gasteiger partial charge in [-0.15, -0.1) is 11.3 Å². The Morgan fingerprint density at radius 2 is 2.05 bits per heavy atom. The molecule has 20 heavy (non-hydrogen) atoms. The van der Waals surface area contributed by atoms with E-state index < -0.39 is 23.1 Å². The summed E-state index contributed by atoms with van der Waals surface area (Å²) < 4.78 is 0.806. The van der Waals surface area contributed by atoms with Gasteiger partial charge in [-0.3, -0.25) is 23.9 Å². The van der Waals surface area contributed by atoms with Gasteiger partial charge in [-0.25, -0.2) is 4.79 Å². The third-order valence-corrected chi connectivity index (χ3v) is 4.07. The number of thiophene rings is 1. The highest BCUT2D eigenvalue weighted by molar-refractivity contribution is 7.20. The minimum Gasteiger partial charge on any atom is -0.481 e. The lowest BCUT2D eigenvalue weighted by Gasteiger charge is -2.02. The van der Waals surface area contributed by atoms with E-state index in [0.29, 0.717) is 5.56 Å². The Balaban J connectivity index is 2.71. The molecule has 0 aromatic carbocycles. The van der Waals surface area contributed by atoms with Crippen molar-refractivity contribution in [2.45, 2.75) is 19.9 Å². The van der Waals surface area contributed by atoms with Crippen molar-refractivity contribution in [2.75, 3.05) is 0 Å². The van der Waals surface area contributed by atoms with Gasteiger partial charge in [-0.1, -0.05) is 0 Å². The molecule has 2 heterocycles. The van der Waals surface area contributed by atoms with E-state index in [1.54, 1.807) is 6.92 Å². The van der Waals surface area contributed by atoms with E-state index in [-0.39, 0.29) is 28.1 Å². The Morgan fingerprint density at radius 3 is 2.60 bits per heavy atom. The first-order valence-electron chi connectivity index (χ1n) is 5.60. The smallest absolute Gasteiger partial charge is 0.329 e. The van der Waals surface area contributed by atoms with Gasteiger partial charge in [0.15, 0.2) is 0 Å². The number of rotatable bonds is 4. The summed E-state index contributed by atoms with van der Waals surface area (Å²) in [5, 5.41) is 8.80. The number of aromatic nitrogens is 2. The molecule has 4 N–H and O–H groups in total. The van der Waals surface area contributed by atoms with Gasteiger partial charge in [0, 0.05) is 6.54 Å². The zero-order valence-corrected chi connectivity index (χ0v) is 11.2. The Hall–Kier alpha value is -2.42. The predicted octanol–water partition coefficient (Wildman–Crippen LogP) is -0.367. The summed E-state index contributed by atoms with van der Waals surface area (Å²) >= 11 is 0.934. The van der Waals surface area contributed by atoms with Crippen LogP contribution in [-0.2, 0) is 11.3 Å². The number of carbonyl (C=O) groups is 2. The van der Waals surface area contributed by atoms with Crippen molar-refractivity contribution < 1.29 is 14.7 Å². The molecular weight excluding hydrogens is 286 g/mol. The lowest BCUT2D eigenvalue weighted by atomic mass is 10.2. The number of aromatic amines is 1. The molecule has 106 valence electrons. The molecular formula is C11H11N3O5S. The van der Waals surface area contributed by atoms with Crippen molar-refractivity contribution in [1.29, 1.82) is 0 Å². The zero-order valence-electron chi connectivity index (χ0n) is 10.4. The number of hydrogen-bond donors (Lipinski definition) is 3. The molecule has 0 atom stereocenters. The Kier molecular flexibility index (Phi) is 3.45. The monoisotopic (exact) mass is 297 g/mol. The number of carbonyl (C=O) groups excluding carboxylic acids is 1. The third-order valence-electron chi connectivity index (χ3n) is 2.84. The van der Waals surface area contributed by atoms with Crippen LogP contribution in [0.5, 0.6) is 0 Å². The number of aryl methyl sites for hydroxylation is 1. The average molecular weight is 297 g/mol. The van der Waals surface area contributed by atoms with Crippen molar-refractivity contribution in [3.05, 3.63) is 31.3 Å². The fourth-order valence-electron chi connectivity index (χ4n) is 1.90. The zero-order chi connectivity index (χ0) is 15.0. The van der Waals surface area contributed by atoms with Gasteiger partial charge in [0.05, 0.1) is 16.7 Å². The molecule has 2 aromatic rings. The van der Waals surface area contributed by atoms with Crippen LogP contribution in [0.3, 0.4) is 0 Å². The van der Waals surface area contributed by atoms with Gasteiger partial charge < -0.3 is 10.8 Å². The minimum absolute atomic E-state index is 0.189. The highest BCUT2D eigenvalue weighted by atomic mass is 32.1. The molecule has 0 spiro atoms. The summed E-state index contributed by atoms with van der Waals surface area (Å²) in [7, 11) is 0. The summed E-state index contributed by atoms with van der Waals surface area (Å²) in [4.78, 5) is 48.7. The van der Waals surface area contributed by atoms with E-state index in [0.717, 1.165) is 15.9 Å². The quantitative estimate of drug-likeness (QED) is 0.707. The molecule has 0 fully saturated rings. The first-order valence-corrected chi connectivity index (χ1v) is 6.42. The van der Waals surface area contributed by atoms with Crippen LogP contribution in [0, 0.1) is 6.92 Å². The average Bonchev–Trinajstić information content (AvgIpc) is 2.65. The summed E-state index contributed by atoms with van der Waals surface area (Å²) in [5.41, 5.74) is 4.26. The number of aliphatic carboxylic acids is 1. The fourth-order valence-corrected chi connectivity index (χ4v) is 2.94. The SMILES string of the molecule is Cc1c(C(N)=O)sc2[nH]c(=O)n(CCC(=O)O)c(=O)c12. The number of carboxylic acid groups (broad SMARTS) is 1. The standard InChI is InChI=1S/C11H11N3O5S/c1-4-6-9(20-7(4)8(12)17)13-11(19)14(10(6)18)3-2-5(15)16/h2-3H2,1H3,(H2,12,17)(H,13,19)(H,15,16). The number of carboxylic acids is 1. The molecule has 0 bridgehead atoms. The maximum atomic E-state index is 12.2. The summed E-state index contributed by atoms with van der Waals surface area (Å²) in [6.07, 6.45) is -0.347. The van der Waals surface area contributed by atoms with Crippen LogP contribution >= 0.6 is 11.3 Å². The van der Waals surface area contributed by atoms with E-state index in [4.69, 9.17) is 10.8 Å². The van der Waals surface area contributed by atoms with Crippen molar-refractivity contribution in [3.63, 3.8) is 0 Å². The molecule has 9 heteroatoms. The Bertz CT molecular complexity index is 829. The van der Waals surface area contributed by atoms with Crippen molar-refractivity contribution in [3.8, 4) is 0 Å². The number of nitrogens with one attached hydrogen (secondary N) is 1. The van der Waals surface area contributed by atoms with E-state index >= 15 is 0 Å². The van der Waals surface area contributed by atoms with Gasteiger partial charge in [0.1, 0.15) is 4.83 Å². The third kappa shape index (κ3) is 2.23. The van der Waals surface area contributed by atoms with Crippen LogP contribution in [0.2, 0.25) is 0 Å². The second-order valence-electron chi connectivity index (χ2n) is 4.16. The molecule has 0 aliphatic rings. The van der Waals surface area contributed by atoms with Gasteiger partial charge in [-0.2, -0.15) is 0 Å². The normalized spacial score (nSPS) is 10.8. The molecule has 8 nitrogen and oxygen atoms in total. The first-order chi connectivity index (χ1) is 9.32. The van der Waals surface area contributed by atoms with E-state index in [1.807, 2.05) is 0 Å². The molecule has 0 saturated heterocycles. The van der Waals surface area contributed by atoms with Gasteiger partial charge in [0.2, 0.25) is 0 Å². The Labute approximate surface area is 115 Å². The second kappa shape index (κ2) is 4.93. The predicted molar refractivity (Wildman–Crippen MR) is 72.2 cm³/mol. The molecule has 0 unspecified atom stereocenters. The van der Waals surface area contributed by atoms with Crippen LogP contribution in [0.15, 0.2) is 9.59 Å². The highest BCUT2D eigenvalue weighted by Crippen LogP contribution is 2.25. The lowest BCUT2D eigenvalue weighted by Crippen LogP contribution is -2.35. The molecule has 2 aromatic heterocycles. The number of hydrogen-bond acceptors (Lipinski definition) is 5. The maximum Gasteiger partial charge on any atom is 0.329 e. The largest absolute Gasteiger partial charge is 0.481 e. The van der Waals surface area contributed by atoms with Crippen LogP contribution < -0.4 is 17.0 Å². The first kappa shape index (κ1) is 14.0. The van der Waals surface area contributed by atoms with E-state index in [9.17, 15) is 19.2 Å². The van der Waals surface area contributed by atoms with Crippen LogP contribution in [0.25, 0.3) is 10.2 Å². The summed E-state index contributed by atoms with van der Waals surface area (Å²) in [6.45, 7) is 1.32. The summed E-state index contributed by atoms with van der Waals surface area (Å²) in [6, 6.07) is 0. The van der Waals surface area contributed by atoms with Gasteiger partial charge in [0.25, 0.3) is 11.5 Å². The second-order valence-corrected chi connectivity index (χ2v) is 5.18. The molecule has 0 aliphatic carbocycles.